The Morgan fingerprint density at radius 3 is 2.13 bits per heavy atom. The molecule has 0 unspecified atom stereocenters. The summed E-state index contributed by atoms with van der Waals surface area (Å²) in [5.41, 5.74) is 2.10. The quantitative estimate of drug-likeness (QED) is 0.572. The van der Waals surface area contributed by atoms with Gasteiger partial charge in [0.2, 0.25) is 0 Å². The second-order valence-corrected chi connectivity index (χ2v) is 4.39. The maximum atomic E-state index is 8.34. The molecule has 0 atom stereocenters. The van der Waals surface area contributed by atoms with Gasteiger partial charge in [0.15, 0.2) is 0 Å². The van der Waals surface area contributed by atoms with Crippen LogP contribution in [0.3, 0.4) is 0 Å². The van der Waals surface area contributed by atoms with Gasteiger partial charge in [-0.1, -0.05) is 61.7 Å². The van der Waals surface area contributed by atoms with E-state index in [1.165, 1.54) is 6.26 Å². The van der Waals surface area contributed by atoms with Gasteiger partial charge in [0.05, 0.1) is 12.5 Å². The first-order valence-electron chi connectivity index (χ1n) is 7.23. The number of aliphatic hydroxyl groups is 1. The Morgan fingerprint density at radius 2 is 1.57 bits per heavy atom. The van der Waals surface area contributed by atoms with E-state index < -0.39 is 0 Å². The molecular formula is C20H22O3. The fourth-order valence-corrected chi connectivity index (χ4v) is 1.64. The maximum absolute atomic E-state index is 8.34. The van der Waals surface area contributed by atoms with E-state index in [9.17, 15) is 0 Å². The number of rotatable bonds is 7. The lowest BCUT2D eigenvalue weighted by Crippen LogP contribution is -2.03. The lowest BCUT2D eigenvalue weighted by molar-refractivity contribution is 0.179. The molecule has 23 heavy (non-hydrogen) atoms. The van der Waals surface area contributed by atoms with Gasteiger partial charge in [-0.2, -0.15) is 0 Å². The summed E-state index contributed by atoms with van der Waals surface area (Å²) in [4.78, 5) is 0. The number of aliphatic hydroxyl groups excluding tert-OH is 1. The molecule has 0 radical (unpaired) electrons. The smallest absolute Gasteiger partial charge is 0.122 e. The molecule has 0 aliphatic rings. The van der Waals surface area contributed by atoms with Crippen LogP contribution in [0.25, 0.3) is 12.2 Å². The number of ether oxygens (including phenoxy) is 2. The van der Waals surface area contributed by atoms with Crippen LogP contribution in [0.5, 0.6) is 5.75 Å². The van der Waals surface area contributed by atoms with Crippen LogP contribution in [0.2, 0.25) is 0 Å². The molecule has 0 amide bonds. The van der Waals surface area contributed by atoms with E-state index in [-0.39, 0.29) is 0 Å². The summed E-state index contributed by atoms with van der Waals surface area (Å²) >= 11 is 0. The minimum atomic E-state index is 0.521. The molecule has 0 fully saturated rings. The predicted octanol–water partition coefficient (Wildman–Crippen LogP) is 5.08. The van der Waals surface area contributed by atoms with Gasteiger partial charge in [0.25, 0.3) is 0 Å². The van der Waals surface area contributed by atoms with Gasteiger partial charge in [0, 0.05) is 0 Å². The molecule has 0 saturated heterocycles. The fraction of sp³-hybridized carbons (Fsp3) is 0.100. The molecule has 0 aromatic heterocycles. The van der Waals surface area contributed by atoms with Crippen molar-refractivity contribution < 1.29 is 14.6 Å². The van der Waals surface area contributed by atoms with Crippen molar-refractivity contribution in [1.29, 1.82) is 0 Å². The van der Waals surface area contributed by atoms with Gasteiger partial charge in [-0.15, -0.1) is 0 Å². The summed E-state index contributed by atoms with van der Waals surface area (Å²) < 4.78 is 10.3. The standard InChI is InChI=1S/C12H14O2.C8H8O/c1-3-11-5-7-12(8-6-11)14-10-9-13-4-2;9-7-6-8-4-2-1-3-5-8/h3-8H,1-2,9-10H2;1-7,9H. The predicted molar refractivity (Wildman–Crippen MR) is 96.3 cm³/mol. The largest absolute Gasteiger partial charge is 0.516 e. The normalized spacial score (nSPS) is 9.57. The van der Waals surface area contributed by atoms with Gasteiger partial charge in [-0.25, -0.2) is 0 Å². The summed E-state index contributed by atoms with van der Waals surface area (Å²) in [6.07, 6.45) is 5.88. The third-order valence-electron chi connectivity index (χ3n) is 2.77. The highest BCUT2D eigenvalue weighted by atomic mass is 16.5. The topological polar surface area (TPSA) is 38.7 Å². The van der Waals surface area contributed by atoms with Crippen LogP contribution >= 0.6 is 0 Å². The maximum Gasteiger partial charge on any atom is 0.122 e. The molecule has 0 bridgehead atoms. The van der Waals surface area contributed by atoms with E-state index in [1.54, 1.807) is 12.2 Å². The van der Waals surface area contributed by atoms with E-state index in [1.807, 2.05) is 54.6 Å². The van der Waals surface area contributed by atoms with Crippen molar-refractivity contribution in [2.24, 2.45) is 0 Å². The van der Waals surface area contributed by atoms with Crippen molar-refractivity contribution in [1.82, 2.24) is 0 Å². The van der Waals surface area contributed by atoms with Gasteiger partial charge in [0.1, 0.15) is 19.0 Å². The fourth-order valence-electron chi connectivity index (χ4n) is 1.64. The molecule has 1 N–H and O–H groups in total. The summed E-state index contributed by atoms with van der Waals surface area (Å²) in [5.74, 6) is 0.836. The molecule has 2 aromatic carbocycles. The second-order valence-electron chi connectivity index (χ2n) is 4.39. The van der Waals surface area contributed by atoms with Gasteiger partial charge < -0.3 is 14.6 Å². The van der Waals surface area contributed by atoms with Gasteiger partial charge >= 0.3 is 0 Å². The van der Waals surface area contributed by atoms with Crippen molar-refractivity contribution in [3.63, 3.8) is 0 Å². The second kappa shape index (κ2) is 11.7. The first-order chi connectivity index (χ1) is 11.3. The Bertz CT molecular complexity index is 586. The zero-order valence-corrected chi connectivity index (χ0v) is 13.1. The van der Waals surface area contributed by atoms with E-state index in [0.717, 1.165) is 23.1 Å². The molecule has 0 saturated carbocycles. The molecule has 2 aromatic rings. The lowest BCUT2D eigenvalue weighted by atomic mass is 10.2. The summed E-state index contributed by atoms with van der Waals surface area (Å²) in [7, 11) is 0. The molecule has 0 heterocycles. The zero-order valence-electron chi connectivity index (χ0n) is 13.1. The SMILES string of the molecule is C=COCCOc1ccc(C=C)cc1.OC=Cc1ccccc1. The van der Waals surface area contributed by atoms with Crippen LogP contribution in [-0.2, 0) is 4.74 Å². The molecule has 0 aliphatic carbocycles. The van der Waals surface area contributed by atoms with Crippen LogP contribution in [-0.4, -0.2) is 18.3 Å². The summed E-state index contributed by atoms with van der Waals surface area (Å²) in [5, 5.41) is 8.34. The molecule has 3 nitrogen and oxygen atoms in total. The molecule has 3 heteroatoms. The number of benzene rings is 2. The number of hydrogen-bond acceptors (Lipinski definition) is 3. The monoisotopic (exact) mass is 310 g/mol. The first-order valence-corrected chi connectivity index (χ1v) is 7.23. The Labute approximate surface area is 137 Å². The van der Waals surface area contributed by atoms with Crippen LogP contribution in [0, 0.1) is 0 Å². The van der Waals surface area contributed by atoms with Crippen molar-refractivity contribution in [3.05, 3.63) is 91.4 Å². The van der Waals surface area contributed by atoms with Crippen molar-refractivity contribution in [2.75, 3.05) is 13.2 Å². The molecular weight excluding hydrogens is 288 g/mol. The van der Waals surface area contributed by atoms with Crippen LogP contribution in [0.1, 0.15) is 11.1 Å². The van der Waals surface area contributed by atoms with Crippen LogP contribution in [0.15, 0.2) is 80.3 Å². The van der Waals surface area contributed by atoms with E-state index in [0.29, 0.717) is 13.2 Å². The highest BCUT2D eigenvalue weighted by Crippen LogP contribution is 2.12. The summed E-state index contributed by atoms with van der Waals surface area (Å²) in [6.45, 7) is 8.16. The molecule has 2 rings (SSSR count). The van der Waals surface area contributed by atoms with Gasteiger partial charge in [-0.3, -0.25) is 0 Å². The van der Waals surface area contributed by atoms with E-state index in [4.69, 9.17) is 14.6 Å². The molecule has 0 spiro atoms. The lowest BCUT2D eigenvalue weighted by Gasteiger charge is -2.05. The Kier molecular flexibility index (Phi) is 9.21. The van der Waals surface area contributed by atoms with Gasteiger partial charge in [-0.05, 0) is 29.3 Å². The van der Waals surface area contributed by atoms with Crippen LogP contribution in [0.4, 0.5) is 0 Å². The first kappa shape index (κ1) is 18.1. The molecule has 120 valence electrons. The minimum absolute atomic E-state index is 0.521. The van der Waals surface area contributed by atoms with Crippen molar-refractivity contribution in [2.45, 2.75) is 0 Å². The van der Waals surface area contributed by atoms with E-state index in [2.05, 4.69) is 13.2 Å². The highest BCUT2D eigenvalue weighted by Gasteiger charge is 1.92. The third kappa shape index (κ3) is 8.17. The van der Waals surface area contributed by atoms with Crippen molar-refractivity contribution in [3.8, 4) is 5.75 Å². The number of hydrogen-bond donors (Lipinski definition) is 1. The minimum Gasteiger partial charge on any atom is -0.516 e. The average Bonchev–Trinajstić information content (AvgIpc) is 2.61. The average molecular weight is 310 g/mol. The Hall–Kier alpha value is -2.94. The van der Waals surface area contributed by atoms with Crippen molar-refractivity contribution >= 4 is 12.2 Å². The van der Waals surface area contributed by atoms with Crippen LogP contribution < -0.4 is 4.74 Å². The Balaban J connectivity index is 0.000000253. The third-order valence-corrected chi connectivity index (χ3v) is 2.77. The highest BCUT2D eigenvalue weighted by molar-refractivity contribution is 5.48. The molecule has 0 aliphatic heterocycles. The van der Waals surface area contributed by atoms with E-state index >= 15 is 0 Å². The zero-order chi connectivity index (χ0) is 16.8. The summed E-state index contributed by atoms with van der Waals surface area (Å²) in [6, 6.07) is 17.4. The Morgan fingerprint density at radius 1 is 0.870 bits per heavy atom.